The largest absolute Gasteiger partial charge is 0.480 e. The molecule has 0 amide bonds. The molecule has 2 N–H and O–H groups in total. The predicted octanol–water partition coefficient (Wildman–Crippen LogP) is 3.31. The Balaban J connectivity index is 1.78. The van der Waals surface area contributed by atoms with Crippen molar-refractivity contribution in [2.24, 2.45) is 0 Å². The van der Waals surface area contributed by atoms with E-state index in [0.717, 1.165) is 34.5 Å². The van der Waals surface area contributed by atoms with Gasteiger partial charge in [0.2, 0.25) is 0 Å². The Morgan fingerprint density at radius 1 is 1.65 bits per heavy atom. The van der Waals surface area contributed by atoms with Crippen LogP contribution < -0.4 is 5.32 Å². The second-order valence-electron chi connectivity index (χ2n) is 5.30. The van der Waals surface area contributed by atoms with E-state index in [9.17, 15) is 9.90 Å². The maximum atomic E-state index is 11.4. The van der Waals surface area contributed by atoms with E-state index in [1.54, 1.807) is 24.9 Å². The standard InChI is InChI=1S/C14H19BrN2O2S/c1-14(13(18)19,17-10-5-6-10)7-3-9-20-12-11(15)4-2-8-16-12/h2,4,8,10,17H,3,5-7,9H2,1H3,(H,18,19). The third kappa shape index (κ3) is 4.46. The molecular weight excluding hydrogens is 340 g/mol. The van der Waals surface area contributed by atoms with Gasteiger partial charge in [0.05, 0.1) is 0 Å². The van der Waals surface area contributed by atoms with Gasteiger partial charge in [-0.05, 0) is 66.4 Å². The van der Waals surface area contributed by atoms with Crippen LogP contribution in [-0.2, 0) is 4.79 Å². The zero-order valence-corrected chi connectivity index (χ0v) is 13.8. The first-order valence-electron chi connectivity index (χ1n) is 6.76. The van der Waals surface area contributed by atoms with Crippen LogP contribution in [0, 0.1) is 0 Å². The number of thioether (sulfide) groups is 1. The molecule has 0 bridgehead atoms. The number of halogens is 1. The van der Waals surface area contributed by atoms with E-state index in [1.165, 1.54) is 0 Å². The monoisotopic (exact) mass is 358 g/mol. The van der Waals surface area contributed by atoms with Crippen molar-refractivity contribution in [2.45, 2.75) is 49.2 Å². The normalized spacial score (nSPS) is 17.7. The lowest BCUT2D eigenvalue weighted by molar-refractivity contribution is -0.144. The molecule has 1 aromatic heterocycles. The van der Waals surface area contributed by atoms with Crippen LogP contribution in [0.15, 0.2) is 27.8 Å². The molecule has 0 saturated heterocycles. The number of nitrogens with zero attached hydrogens (tertiary/aromatic N) is 1. The Morgan fingerprint density at radius 3 is 3.00 bits per heavy atom. The number of hydrogen-bond acceptors (Lipinski definition) is 4. The summed E-state index contributed by atoms with van der Waals surface area (Å²) in [7, 11) is 0. The topological polar surface area (TPSA) is 62.2 Å². The summed E-state index contributed by atoms with van der Waals surface area (Å²) in [5, 5.41) is 13.6. The number of rotatable bonds is 8. The Labute approximate surface area is 131 Å². The molecule has 1 unspecified atom stereocenters. The minimum Gasteiger partial charge on any atom is -0.480 e. The molecule has 1 atom stereocenters. The number of carboxylic acids is 1. The van der Waals surface area contributed by atoms with Crippen molar-refractivity contribution in [2.75, 3.05) is 5.75 Å². The Kier molecular flexibility index (Phi) is 5.46. The molecule has 4 nitrogen and oxygen atoms in total. The molecule has 6 heteroatoms. The molecule has 1 fully saturated rings. The smallest absolute Gasteiger partial charge is 0.323 e. The summed E-state index contributed by atoms with van der Waals surface area (Å²) in [6, 6.07) is 4.24. The van der Waals surface area contributed by atoms with Crippen molar-refractivity contribution in [3.63, 3.8) is 0 Å². The highest BCUT2D eigenvalue weighted by atomic mass is 79.9. The summed E-state index contributed by atoms with van der Waals surface area (Å²) in [5.74, 6) is 0.110. The molecule has 1 heterocycles. The maximum Gasteiger partial charge on any atom is 0.323 e. The summed E-state index contributed by atoms with van der Waals surface area (Å²) in [6.07, 6.45) is 5.44. The van der Waals surface area contributed by atoms with Crippen LogP contribution in [0.3, 0.4) is 0 Å². The molecule has 1 aliphatic carbocycles. The van der Waals surface area contributed by atoms with Gasteiger partial charge in [-0.1, -0.05) is 0 Å². The van der Waals surface area contributed by atoms with E-state index in [0.29, 0.717) is 12.5 Å². The lowest BCUT2D eigenvalue weighted by atomic mass is 9.96. The summed E-state index contributed by atoms with van der Waals surface area (Å²) in [6.45, 7) is 1.79. The average Bonchev–Trinajstić information content (AvgIpc) is 3.20. The van der Waals surface area contributed by atoms with E-state index in [1.807, 2.05) is 12.1 Å². The van der Waals surface area contributed by atoms with Gasteiger partial charge in [0, 0.05) is 16.7 Å². The number of aromatic nitrogens is 1. The minimum atomic E-state index is -0.803. The first-order chi connectivity index (χ1) is 9.51. The van der Waals surface area contributed by atoms with E-state index in [2.05, 4.69) is 26.2 Å². The van der Waals surface area contributed by atoms with Gasteiger partial charge in [-0.25, -0.2) is 4.98 Å². The van der Waals surface area contributed by atoms with Crippen LogP contribution in [0.4, 0.5) is 0 Å². The Bertz CT molecular complexity index is 482. The van der Waals surface area contributed by atoms with Crippen molar-refractivity contribution >= 4 is 33.7 Å². The number of hydrogen-bond donors (Lipinski definition) is 2. The molecule has 0 aliphatic heterocycles. The van der Waals surface area contributed by atoms with Crippen LogP contribution in [-0.4, -0.2) is 33.4 Å². The molecule has 0 aromatic carbocycles. The van der Waals surface area contributed by atoms with Gasteiger partial charge in [0.25, 0.3) is 0 Å². The highest BCUT2D eigenvalue weighted by Gasteiger charge is 2.37. The molecule has 1 saturated carbocycles. The van der Waals surface area contributed by atoms with Gasteiger partial charge in [-0.2, -0.15) is 0 Å². The van der Waals surface area contributed by atoms with Gasteiger partial charge in [0.1, 0.15) is 10.6 Å². The fraction of sp³-hybridized carbons (Fsp3) is 0.571. The van der Waals surface area contributed by atoms with Crippen molar-refractivity contribution < 1.29 is 9.90 Å². The molecule has 0 spiro atoms. The highest BCUT2D eigenvalue weighted by molar-refractivity contribution is 9.10. The second kappa shape index (κ2) is 6.91. The van der Waals surface area contributed by atoms with Crippen LogP contribution in [0.1, 0.15) is 32.6 Å². The van der Waals surface area contributed by atoms with Crippen LogP contribution in [0.5, 0.6) is 0 Å². The highest BCUT2D eigenvalue weighted by Crippen LogP contribution is 2.28. The third-order valence-electron chi connectivity index (χ3n) is 3.36. The number of aliphatic carboxylic acids is 1. The minimum absolute atomic E-state index is 0.397. The number of carboxylic acid groups (broad SMARTS) is 1. The van der Waals surface area contributed by atoms with E-state index in [4.69, 9.17) is 0 Å². The summed E-state index contributed by atoms with van der Waals surface area (Å²) < 4.78 is 0.988. The summed E-state index contributed by atoms with van der Waals surface area (Å²) in [5.41, 5.74) is -0.803. The van der Waals surface area contributed by atoms with Crippen molar-refractivity contribution in [1.82, 2.24) is 10.3 Å². The third-order valence-corrected chi connectivity index (χ3v) is 5.35. The van der Waals surface area contributed by atoms with Gasteiger partial charge >= 0.3 is 5.97 Å². The zero-order chi connectivity index (χ0) is 14.6. The van der Waals surface area contributed by atoms with Crippen molar-refractivity contribution in [1.29, 1.82) is 0 Å². The SMILES string of the molecule is CC(CCCSc1ncccc1Br)(NC1CC1)C(=O)O. The number of pyridine rings is 1. The van der Waals surface area contributed by atoms with Crippen molar-refractivity contribution in [3.8, 4) is 0 Å². The summed E-state index contributed by atoms with van der Waals surface area (Å²) in [4.78, 5) is 15.7. The lowest BCUT2D eigenvalue weighted by Gasteiger charge is -2.26. The average molecular weight is 359 g/mol. The zero-order valence-electron chi connectivity index (χ0n) is 11.4. The summed E-state index contributed by atoms with van der Waals surface area (Å²) >= 11 is 5.12. The molecule has 1 aromatic rings. The quantitative estimate of drug-likeness (QED) is 0.551. The molecular formula is C14H19BrN2O2S. The Morgan fingerprint density at radius 2 is 2.40 bits per heavy atom. The van der Waals surface area contributed by atoms with Gasteiger partial charge in [-0.3, -0.25) is 10.1 Å². The molecule has 0 radical (unpaired) electrons. The maximum absolute atomic E-state index is 11.4. The fourth-order valence-corrected chi connectivity index (χ4v) is 3.41. The first-order valence-corrected chi connectivity index (χ1v) is 8.53. The van der Waals surface area contributed by atoms with Gasteiger partial charge in [-0.15, -0.1) is 11.8 Å². The Hall–Kier alpha value is -0.590. The van der Waals surface area contributed by atoms with Crippen LogP contribution >= 0.6 is 27.7 Å². The first kappa shape index (κ1) is 15.8. The predicted molar refractivity (Wildman–Crippen MR) is 84.1 cm³/mol. The van der Waals surface area contributed by atoms with Gasteiger partial charge < -0.3 is 5.11 Å². The van der Waals surface area contributed by atoms with Crippen LogP contribution in [0.25, 0.3) is 0 Å². The molecule has 110 valence electrons. The second-order valence-corrected chi connectivity index (χ2v) is 7.24. The molecule has 2 rings (SSSR count). The van der Waals surface area contributed by atoms with E-state index in [-0.39, 0.29) is 0 Å². The van der Waals surface area contributed by atoms with Crippen LogP contribution in [0.2, 0.25) is 0 Å². The van der Waals surface area contributed by atoms with E-state index >= 15 is 0 Å². The lowest BCUT2D eigenvalue weighted by Crippen LogP contribution is -2.50. The molecule has 20 heavy (non-hydrogen) atoms. The van der Waals surface area contributed by atoms with Gasteiger partial charge in [0.15, 0.2) is 0 Å². The number of carbonyl (C=O) groups is 1. The van der Waals surface area contributed by atoms with E-state index < -0.39 is 11.5 Å². The number of nitrogens with one attached hydrogen (secondary N) is 1. The van der Waals surface area contributed by atoms with Crippen molar-refractivity contribution in [3.05, 3.63) is 22.8 Å². The fourth-order valence-electron chi connectivity index (χ4n) is 1.99. The molecule has 1 aliphatic rings.